The van der Waals surface area contributed by atoms with Crippen LogP contribution in [0.5, 0.6) is 0 Å². The number of carbonyl (C=O) groups excluding carboxylic acids is 1. The summed E-state index contributed by atoms with van der Waals surface area (Å²) in [7, 11) is 0. The Balaban J connectivity index is 1.66. The number of rotatable bonds is 3. The predicted molar refractivity (Wildman–Crippen MR) is 117 cm³/mol. The molecule has 0 aliphatic heterocycles. The first-order valence-electron chi connectivity index (χ1n) is 10.2. The zero-order valence-corrected chi connectivity index (χ0v) is 16.8. The van der Waals surface area contributed by atoms with E-state index in [0.717, 1.165) is 40.9 Å². The Labute approximate surface area is 170 Å². The van der Waals surface area contributed by atoms with Crippen molar-refractivity contribution in [2.45, 2.75) is 33.1 Å². The maximum atomic E-state index is 13.1. The lowest BCUT2D eigenvalue weighted by Gasteiger charge is -2.28. The fourth-order valence-corrected chi connectivity index (χ4v) is 4.62. The molecule has 2 heterocycles. The summed E-state index contributed by atoms with van der Waals surface area (Å²) < 4.78 is 0. The fourth-order valence-electron chi connectivity index (χ4n) is 4.62. The lowest BCUT2D eigenvalue weighted by Crippen LogP contribution is -2.27. The first-order chi connectivity index (χ1) is 14.0. The molecule has 3 heteroatoms. The molecule has 0 unspecified atom stereocenters. The van der Waals surface area contributed by atoms with Gasteiger partial charge < -0.3 is 4.98 Å². The number of nitrogens with one attached hydrogen (secondary N) is 1. The molecule has 0 atom stereocenters. The molecule has 1 N–H and O–H groups in total. The Hall–Kier alpha value is -3.20. The molecular formula is C26H24N2O. The minimum absolute atomic E-state index is 0.00926. The fraction of sp³-hybridized carbons (Fsp3) is 0.231. The van der Waals surface area contributed by atoms with Crippen LogP contribution in [0.4, 0.5) is 0 Å². The van der Waals surface area contributed by atoms with Crippen LogP contribution in [0.25, 0.3) is 22.0 Å². The van der Waals surface area contributed by atoms with Crippen LogP contribution in [0.1, 0.15) is 47.4 Å². The zero-order chi connectivity index (χ0) is 20.0. The summed E-state index contributed by atoms with van der Waals surface area (Å²) in [5.74, 6) is 0.253. The normalized spacial score (nSPS) is 15.4. The van der Waals surface area contributed by atoms with E-state index in [0.29, 0.717) is 6.42 Å². The molecule has 1 aliphatic carbocycles. The van der Waals surface area contributed by atoms with Gasteiger partial charge in [-0.15, -0.1) is 0 Å². The molecule has 0 bridgehead atoms. The highest BCUT2D eigenvalue weighted by Crippen LogP contribution is 2.40. The van der Waals surface area contributed by atoms with Gasteiger partial charge in [-0.05, 0) is 45.9 Å². The van der Waals surface area contributed by atoms with E-state index in [-0.39, 0.29) is 11.2 Å². The molecule has 0 fully saturated rings. The topological polar surface area (TPSA) is 45.8 Å². The van der Waals surface area contributed by atoms with Crippen LogP contribution in [-0.4, -0.2) is 15.8 Å². The second-order valence-electron chi connectivity index (χ2n) is 8.87. The van der Waals surface area contributed by atoms with Crippen molar-refractivity contribution >= 4 is 16.6 Å². The van der Waals surface area contributed by atoms with E-state index >= 15 is 0 Å². The van der Waals surface area contributed by atoms with Crippen LogP contribution in [0.15, 0.2) is 67.0 Å². The van der Waals surface area contributed by atoms with E-state index < -0.39 is 0 Å². The van der Waals surface area contributed by atoms with Gasteiger partial charge in [-0.2, -0.15) is 0 Å². The second kappa shape index (κ2) is 6.70. The second-order valence-corrected chi connectivity index (χ2v) is 8.87. The summed E-state index contributed by atoms with van der Waals surface area (Å²) in [6.45, 7) is 4.34. The van der Waals surface area contributed by atoms with Crippen LogP contribution in [-0.2, 0) is 12.8 Å². The number of hydrogen-bond donors (Lipinski definition) is 1. The van der Waals surface area contributed by atoms with Gasteiger partial charge in [0, 0.05) is 42.1 Å². The molecular weight excluding hydrogens is 356 g/mol. The van der Waals surface area contributed by atoms with E-state index in [1.165, 1.54) is 16.3 Å². The Morgan fingerprint density at radius 2 is 1.72 bits per heavy atom. The van der Waals surface area contributed by atoms with Crippen molar-refractivity contribution in [3.8, 4) is 11.3 Å². The highest BCUT2D eigenvalue weighted by atomic mass is 16.1. The van der Waals surface area contributed by atoms with E-state index in [1.807, 2.05) is 12.1 Å². The van der Waals surface area contributed by atoms with Gasteiger partial charge in [-0.1, -0.05) is 56.3 Å². The molecule has 0 saturated carbocycles. The molecule has 0 amide bonds. The maximum Gasteiger partial charge on any atom is 0.165 e. The third-order valence-corrected chi connectivity index (χ3v) is 5.92. The summed E-state index contributed by atoms with van der Waals surface area (Å²) >= 11 is 0. The van der Waals surface area contributed by atoms with Crippen molar-refractivity contribution in [2.24, 2.45) is 5.41 Å². The van der Waals surface area contributed by atoms with E-state index in [9.17, 15) is 4.79 Å². The lowest BCUT2D eigenvalue weighted by molar-refractivity contribution is 0.0911. The molecule has 3 nitrogen and oxygen atoms in total. The van der Waals surface area contributed by atoms with Crippen molar-refractivity contribution in [1.29, 1.82) is 0 Å². The average Bonchev–Trinajstić information content (AvgIpc) is 3.05. The minimum atomic E-state index is -0.00926. The highest BCUT2D eigenvalue weighted by molar-refractivity contribution is 6.02. The van der Waals surface area contributed by atoms with Crippen LogP contribution in [0.3, 0.4) is 0 Å². The van der Waals surface area contributed by atoms with Crippen LogP contribution in [0, 0.1) is 5.41 Å². The number of fused-ring (bicyclic) bond motifs is 2. The van der Waals surface area contributed by atoms with E-state index in [2.05, 4.69) is 66.3 Å². The Bertz CT molecular complexity index is 1220. The largest absolute Gasteiger partial charge is 0.358 e. The number of nitrogens with zero attached hydrogens (tertiary/aromatic N) is 1. The number of benzene rings is 2. The minimum Gasteiger partial charge on any atom is -0.358 e. The third kappa shape index (κ3) is 3.27. The number of aromatic nitrogens is 2. The number of aromatic amines is 1. The van der Waals surface area contributed by atoms with Crippen molar-refractivity contribution in [3.63, 3.8) is 0 Å². The standard InChI is InChI=1S/C26H24N2O/c1-26(2)15-22-24(23(29)16-26)21(25(28-22)19-9-11-27-12-10-19)14-17-7-8-18-5-3-4-6-20(18)13-17/h3-13,28H,14-16H2,1-2H3. The molecule has 144 valence electrons. The van der Waals surface area contributed by atoms with Crippen LogP contribution >= 0.6 is 0 Å². The number of H-pyrrole nitrogens is 1. The SMILES string of the molecule is CC1(C)CC(=O)c2c([nH]c(-c3ccncc3)c2Cc2ccc3ccccc3c2)C1. The first-order valence-corrected chi connectivity index (χ1v) is 10.2. The molecule has 4 aromatic rings. The Morgan fingerprint density at radius 1 is 0.966 bits per heavy atom. The van der Waals surface area contributed by atoms with E-state index in [4.69, 9.17) is 0 Å². The average molecular weight is 380 g/mol. The van der Waals surface area contributed by atoms with Gasteiger partial charge in [0.2, 0.25) is 0 Å². The van der Waals surface area contributed by atoms with Gasteiger partial charge in [0.05, 0.1) is 5.69 Å². The molecule has 1 aliphatic rings. The third-order valence-electron chi connectivity index (χ3n) is 5.92. The van der Waals surface area contributed by atoms with Gasteiger partial charge in [0.25, 0.3) is 0 Å². The van der Waals surface area contributed by atoms with Crippen molar-refractivity contribution < 1.29 is 4.79 Å². The highest BCUT2D eigenvalue weighted by Gasteiger charge is 2.35. The first kappa shape index (κ1) is 17.9. The number of pyridine rings is 1. The zero-order valence-electron chi connectivity index (χ0n) is 16.8. The van der Waals surface area contributed by atoms with Crippen molar-refractivity contribution in [1.82, 2.24) is 9.97 Å². The molecule has 2 aromatic heterocycles. The van der Waals surface area contributed by atoms with Crippen LogP contribution in [0.2, 0.25) is 0 Å². The molecule has 0 saturated heterocycles. The summed E-state index contributed by atoms with van der Waals surface area (Å²) in [5.41, 5.74) is 6.44. The summed E-state index contributed by atoms with van der Waals surface area (Å²) in [4.78, 5) is 20.9. The number of ketones is 1. The summed E-state index contributed by atoms with van der Waals surface area (Å²) in [6, 6.07) is 19.0. The maximum absolute atomic E-state index is 13.1. The summed E-state index contributed by atoms with van der Waals surface area (Å²) in [5, 5.41) is 2.46. The summed E-state index contributed by atoms with van der Waals surface area (Å²) in [6.07, 6.45) is 5.84. The van der Waals surface area contributed by atoms with Crippen molar-refractivity contribution in [3.05, 3.63) is 89.4 Å². The number of hydrogen-bond acceptors (Lipinski definition) is 2. The van der Waals surface area contributed by atoms with E-state index in [1.54, 1.807) is 12.4 Å². The van der Waals surface area contributed by atoms with Gasteiger partial charge in [0.15, 0.2) is 5.78 Å². The van der Waals surface area contributed by atoms with Crippen molar-refractivity contribution in [2.75, 3.05) is 0 Å². The monoisotopic (exact) mass is 380 g/mol. The molecule has 5 rings (SSSR count). The van der Waals surface area contributed by atoms with Crippen LogP contribution < -0.4 is 0 Å². The smallest absolute Gasteiger partial charge is 0.165 e. The Kier molecular flexibility index (Phi) is 4.13. The van der Waals surface area contributed by atoms with Gasteiger partial charge in [-0.3, -0.25) is 9.78 Å². The number of Topliss-reactive ketones (excluding diaryl/α,β-unsaturated/α-hetero) is 1. The van der Waals surface area contributed by atoms with Gasteiger partial charge >= 0.3 is 0 Å². The van der Waals surface area contributed by atoms with Gasteiger partial charge in [0.1, 0.15) is 0 Å². The number of carbonyl (C=O) groups is 1. The molecule has 0 spiro atoms. The van der Waals surface area contributed by atoms with Gasteiger partial charge in [-0.25, -0.2) is 0 Å². The molecule has 0 radical (unpaired) electrons. The Morgan fingerprint density at radius 3 is 2.52 bits per heavy atom. The molecule has 2 aromatic carbocycles. The lowest BCUT2D eigenvalue weighted by atomic mass is 9.75. The molecule has 29 heavy (non-hydrogen) atoms. The predicted octanol–water partition coefficient (Wildman–Crippen LogP) is 5.98. The quantitative estimate of drug-likeness (QED) is 0.475.